The van der Waals surface area contributed by atoms with Crippen LogP contribution in [0.25, 0.3) is 0 Å². The van der Waals surface area contributed by atoms with Crippen LogP contribution in [0.1, 0.15) is 25.3 Å². The van der Waals surface area contributed by atoms with Gasteiger partial charge < -0.3 is 15.5 Å². The van der Waals surface area contributed by atoms with Gasteiger partial charge in [0.25, 0.3) is 0 Å². The molecule has 0 bridgehead atoms. The Morgan fingerprint density at radius 3 is 2.81 bits per heavy atom. The molecule has 164 valence electrons. The van der Waals surface area contributed by atoms with Gasteiger partial charge >= 0.3 is 0 Å². The maximum absolute atomic E-state index is 11.6. The number of pyridine rings is 1. The van der Waals surface area contributed by atoms with Crippen LogP contribution in [0.5, 0.6) is 0 Å². The molecule has 2 aromatic heterocycles. The molecule has 1 saturated carbocycles. The van der Waals surface area contributed by atoms with Crippen molar-refractivity contribution < 1.29 is 4.79 Å². The lowest BCUT2D eigenvalue weighted by atomic mass is 10.1. The summed E-state index contributed by atoms with van der Waals surface area (Å²) in [6.45, 7) is 9.49. The highest BCUT2D eigenvalue weighted by Crippen LogP contribution is 2.44. The average molecular weight is 423 g/mol. The highest BCUT2D eigenvalue weighted by Gasteiger charge is 2.50. The lowest BCUT2D eigenvalue weighted by Gasteiger charge is -2.41. The molecule has 9 nitrogen and oxygen atoms in total. The van der Waals surface area contributed by atoms with Gasteiger partial charge in [-0.2, -0.15) is 4.98 Å². The SMILES string of the molecule is CCN1CCN(Cc2ccc(Nc3nccc(N4CCNC(=O)C4)n3)nc2)CC12CC2. The third kappa shape index (κ3) is 4.47. The Balaban J connectivity index is 1.19. The molecule has 0 unspecified atom stereocenters. The number of nitrogens with zero attached hydrogens (tertiary/aromatic N) is 6. The Kier molecular flexibility index (Phi) is 5.45. The fraction of sp³-hybridized carbons (Fsp3) is 0.545. The number of aromatic nitrogens is 3. The highest BCUT2D eigenvalue weighted by atomic mass is 16.2. The van der Waals surface area contributed by atoms with Crippen LogP contribution in [-0.2, 0) is 11.3 Å². The smallest absolute Gasteiger partial charge is 0.239 e. The number of nitrogens with one attached hydrogen (secondary N) is 2. The standard InChI is InChI=1S/C22H30N8O/c1-2-30-12-11-28(16-22(30)6-7-22)14-17-3-4-18(25-13-17)26-21-24-8-5-19(27-21)29-10-9-23-20(31)15-29/h3-5,8,13H,2,6-7,9-12,14-16H2,1H3,(H,23,31)(H,24,25,26,27). The van der Waals surface area contributed by atoms with E-state index in [9.17, 15) is 4.79 Å². The van der Waals surface area contributed by atoms with Crippen LogP contribution in [0.4, 0.5) is 17.6 Å². The summed E-state index contributed by atoms with van der Waals surface area (Å²) in [5.74, 6) is 1.95. The van der Waals surface area contributed by atoms with Crippen molar-refractivity contribution in [1.29, 1.82) is 0 Å². The molecule has 4 heterocycles. The van der Waals surface area contributed by atoms with Gasteiger partial charge in [-0.25, -0.2) is 9.97 Å². The molecule has 1 spiro atoms. The van der Waals surface area contributed by atoms with Crippen molar-refractivity contribution in [2.75, 3.05) is 56.0 Å². The van der Waals surface area contributed by atoms with E-state index in [1.807, 2.05) is 23.2 Å². The van der Waals surface area contributed by atoms with E-state index < -0.39 is 0 Å². The molecular formula is C22H30N8O. The van der Waals surface area contributed by atoms with Gasteiger partial charge in [-0.05, 0) is 37.1 Å². The molecular weight excluding hydrogens is 392 g/mol. The second kappa shape index (κ2) is 8.39. The zero-order valence-corrected chi connectivity index (χ0v) is 18.0. The van der Waals surface area contributed by atoms with Gasteiger partial charge in [0.05, 0.1) is 6.54 Å². The van der Waals surface area contributed by atoms with E-state index in [4.69, 9.17) is 0 Å². The lowest BCUT2D eigenvalue weighted by molar-refractivity contribution is -0.120. The third-order valence-corrected chi connectivity index (χ3v) is 6.56. The molecule has 2 N–H and O–H groups in total. The number of carbonyl (C=O) groups is 1. The summed E-state index contributed by atoms with van der Waals surface area (Å²) in [4.78, 5) is 32.2. The molecule has 2 aromatic rings. The summed E-state index contributed by atoms with van der Waals surface area (Å²) in [6, 6.07) is 5.93. The minimum Gasteiger partial charge on any atom is -0.353 e. The summed E-state index contributed by atoms with van der Waals surface area (Å²) < 4.78 is 0. The molecule has 2 saturated heterocycles. The first-order chi connectivity index (χ1) is 15.1. The van der Waals surface area contributed by atoms with E-state index in [-0.39, 0.29) is 5.91 Å². The minimum atomic E-state index is 0.0142. The number of anilines is 3. The quantitative estimate of drug-likeness (QED) is 0.718. The predicted molar refractivity (Wildman–Crippen MR) is 119 cm³/mol. The van der Waals surface area contributed by atoms with Crippen LogP contribution in [0.15, 0.2) is 30.6 Å². The fourth-order valence-electron chi connectivity index (χ4n) is 4.73. The Hall–Kier alpha value is -2.78. The van der Waals surface area contributed by atoms with E-state index in [0.717, 1.165) is 45.1 Å². The van der Waals surface area contributed by atoms with E-state index in [1.54, 1.807) is 6.20 Å². The second-order valence-electron chi connectivity index (χ2n) is 8.70. The first kappa shape index (κ1) is 20.1. The van der Waals surface area contributed by atoms with Crippen molar-refractivity contribution >= 4 is 23.5 Å². The largest absolute Gasteiger partial charge is 0.353 e. The maximum Gasteiger partial charge on any atom is 0.239 e. The maximum atomic E-state index is 11.6. The monoisotopic (exact) mass is 422 g/mol. The van der Waals surface area contributed by atoms with Gasteiger partial charge in [0, 0.05) is 57.2 Å². The van der Waals surface area contributed by atoms with Crippen LogP contribution in [0.3, 0.4) is 0 Å². The van der Waals surface area contributed by atoms with Gasteiger partial charge in [-0.15, -0.1) is 0 Å². The van der Waals surface area contributed by atoms with Crippen molar-refractivity contribution in [3.8, 4) is 0 Å². The van der Waals surface area contributed by atoms with Crippen LogP contribution in [-0.4, -0.2) is 82.0 Å². The zero-order valence-electron chi connectivity index (χ0n) is 18.0. The molecule has 0 atom stereocenters. The van der Waals surface area contributed by atoms with Gasteiger partial charge in [-0.3, -0.25) is 14.6 Å². The number of hydrogen-bond acceptors (Lipinski definition) is 8. The molecule has 9 heteroatoms. The second-order valence-corrected chi connectivity index (χ2v) is 8.70. The molecule has 0 aromatic carbocycles. The van der Waals surface area contributed by atoms with Gasteiger partial charge in [0.2, 0.25) is 11.9 Å². The Labute approximate surface area is 182 Å². The summed E-state index contributed by atoms with van der Waals surface area (Å²) >= 11 is 0. The van der Waals surface area contributed by atoms with Crippen molar-refractivity contribution in [3.63, 3.8) is 0 Å². The van der Waals surface area contributed by atoms with E-state index in [2.05, 4.69) is 48.4 Å². The van der Waals surface area contributed by atoms with E-state index in [0.29, 0.717) is 30.4 Å². The van der Waals surface area contributed by atoms with Gasteiger partial charge in [-0.1, -0.05) is 13.0 Å². The van der Waals surface area contributed by atoms with E-state index >= 15 is 0 Å². The number of carbonyl (C=O) groups excluding carboxylic acids is 1. The Morgan fingerprint density at radius 2 is 2.06 bits per heavy atom. The molecule has 5 rings (SSSR count). The topological polar surface area (TPSA) is 89.5 Å². The fourth-order valence-corrected chi connectivity index (χ4v) is 4.73. The molecule has 0 radical (unpaired) electrons. The van der Waals surface area contributed by atoms with Gasteiger partial charge in [0.15, 0.2) is 0 Å². The van der Waals surface area contributed by atoms with E-state index in [1.165, 1.54) is 18.4 Å². The van der Waals surface area contributed by atoms with Crippen LogP contribution in [0, 0.1) is 0 Å². The molecule has 3 aliphatic rings. The minimum absolute atomic E-state index is 0.0142. The number of rotatable bonds is 6. The predicted octanol–water partition coefficient (Wildman–Crippen LogP) is 1.22. The number of piperazine rings is 2. The molecule has 3 fully saturated rings. The summed E-state index contributed by atoms with van der Waals surface area (Å²) in [5.41, 5.74) is 1.67. The first-order valence-corrected chi connectivity index (χ1v) is 11.2. The molecule has 1 amide bonds. The van der Waals surface area contributed by atoms with Crippen molar-refractivity contribution in [2.45, 2.75) is 31.8 Å². The number of likely N-dealkylation sites (N-methyl/N-ethyl adjacent to an activating group) is 1. The Morgan fingerprint density at radius 1 is 1.16 bits per heavy atom. The summed E-state index contributed by atoms with van der Waals surface area (Å²) in [5, 5.41) is 6.01. The van der Waals surface area contributed by atoms with Crippen LogP contribution >= 0.6 is 0 Å². The third-order valence-electron chi connectivity index (χ3n) is 6.56. The molecule has 1 aliphatic carbocycles. The molecule has 2 aliphatic heterocycles. The normalized spacial score (nSPS) is 21.2. The summed E-state index contributed by atoms with van der Waals surface area (Å²) in [7, 11) is 0. The first-order valence-electron chi connectivity index (χ1n) is 11.2. The van der Waals surface area contributed by atoms with Crippen molar-refractivity contribution in [3.05, 3.63) is 36.2 Å². The summed E-state index contributed by atoms with van der Waals surface area (Å²) in [6.07, 6.45) is 6.31. The average Bonchev–Trinajstić information content (AvgIpc) is 3.55. The zero-order chi connectivity index (χ0) is 21.3. The van der Waals surface area contributed by atoms with Crippen LogP contribution < -0.4 is 15.5 Å². The van der Waals surface area contributed by atoms with Crippen LogP contribution in [0.2, 0.25) is 0 Å². The van der Waals surface area contributed by atoms with Gasteiger partial charge in [0.1, 0.15) is 11.6 Å². The Bertz CT molecular complexity index is 929. The van der Waals surface area contributed by atoms with Crippen molar-refractivity contribution in [1.82, 2.24) is 30.1 Å². The lowest BCUT2D eigenvalue weighted by Crippen LogP contribution is -2.54. The molecule has 31 heavy (non-hydrogen) atoms. The van der Waals surface area contributed by atoms with Crippen molar-refractivity contribution in [2.24, 2.45) is 0 Å². The highest BCUT2D eigenvalue weighted by molar-refractivity contribution is 5.82. The number of hydrogen-bond donors (Lipinski definition) is 2. The number of amides is 1.